The van der Waals surface area contributed by atoms with Crippen molar-refractivity contribution >= 4 is 5.78 Å². The molecule has 2 aliphatic heterocycles. The molecule has 4 aliphatic rings. The third-order valence-electron chi connectivity index (χ3n) is 7.25. The number of ketones is 1. The highest BCUT2D eigenvalue weighted by molar-refractivity contribution is 5.82. The van der Waals surface area contributed by atoms with Gasteiger partial charge in [-0.3, -0.25) is 4.79 Å². The number of hydrogen-bond donors (Lipinski definition) is 1. The number of nitrogens with one attached hydrogen (secondary N) is 1. The highest BCUT2D eigenvalue weighted by atomic mass is 16.7. The lowest BCUT2D eigenvalue weighted by molar-refractivity contribution is -0.915. The highest BCUT2D eigenvalue weighted by Crippen LogP contribution is 2.65. The molecule has 5 rings (SSSR count). The summed E-state index contributed by atoms with van der Waals surface area (Å²) < 4.78 is 18.2. The number of ether oxygens (including phenoxy) is 3. The topological polar surface area (TPSA) is 49.2 Å². The van der Waals surface area contributed by atoms with Gasteiger partial charge in [-0.05, 0) is 24.5 Å². The van der Waals surface area contributed by atoms with Crippen LogP contribution in [0.5, 0.6) is 11.5 Å². The molecular formula is C20H26NO4+. The average molecular weight is 344 g/mol. The van der Waals surface area contributed by atoms with Crippen molar-refractivity contribution in [1.82, 2.24) is 0 Å². The number of methoxy groups -OCH3 is 2. The number of carbonyl (C=O) groups is 1. The molecule has 134 valence electrons. The predicted molar refractivity (Wildman–Crippen MR) is 91.3 cm³/mol. The average Bonchev–Trinajstić information content (AvgIpc) is 2.93. The van der Waals surface area contributed by atoms with E-state index in [1.807, 2.05) is 0 Å². The van der Waals surface area contributed by atoms with E-state index in [2.05, 4.69) is 13.1 Å². The standard InChI is InChI=1S/C20H25NO4/c1-21-9-6-12-10-15(23-2)18-17-16(12)14(21)5-8-19(17)7-4-13(22)11-20(19,24-3)25-18/h10,14H,4-9,11H2,1-3H3/p+1. The van der Waals surface area contributed by atoms with Crippen LogP contribution in [0.3, 0.4) is 0 Å². The lowest BCUT2D eigenvalue weighted by Crippen LogP contribution is -3.10. The number of likely N-dealkylation sites (N-methyl/N-ethyl adjacent to an activating group) is 1. The number of rotatable bonds is 2. The van der Waals surface area contributed by atoms with Crippen LogP contribution in [-0.4, -0.2) is 39.4 Å². The second kappa shape index (κ2) is 4.98. The van der Waals surface area contributed by atoms with Crippen LogP contribution in [0.2, 0.25) is 0 Å². The molecule has 0 saturated heterocycles. The van der Waals surface area contributed by atoms with Gasteiger partial charge in [-0.2, -0.15) is 0 Å². The van der Waals surface area contributed by atoms with Gasteiger partial charge in [-0.1, -0.05) is 0 Å². The Bertz CT molecular complexity index is 775. The van der Waals surface area contributed by atoms with Crippen LogP contribution in [0, 0.1) is 0 Å². The Labute approximate surface area is 148 Å². The maximum Gasteiger partial charge on any atom is 0.227 e. The Kier molecular flexibility index (Phi) is 3.12. The fourth-order valence-corrected chi connectivity index (χ4v) is 6.00. The normalized spacial score (nSPS) is 38.0. The molecule has 0 radical (unpaired) electrons. The SMILES string of the molecule is COc1cc2c3c4c1OC1(OC)CC(=O)CCC41CCC3[NH+](C)CC2. The zero-order chi connectivity index (χ0) is 17.4. The summed E-state index contributed by atoms with van der Waals surface area (Å²) in [6.45, 7) is 1.15. The summed E-state index contributed by atoms with van der Waals surface area (Å²) >= 11 is 0. The molecule has 1 aromatic carbocycles. The Morgan fingerprint density at radius 2 is 2.12 bits per heavy atom. The molecule has 1 fully saturated rings. The van der Waals surface area contributed by atoms with Gasteiger partial charge in [0.15, 0.2) is 11.5 Å². The molecule has 4 unspecified atom stereocenters. The van der Waals surface area contributed by atoms with E-state index in [9.17, 15) is 4.79 Å². The van der Waals surface area contributed by atoms with E-state index in [0.29, 0.717) is 18.9 Å². The first kappa shape index (κ1) is 15.6. The molecule has 5 heteroatoms. The molecule has 0 aromatic heterocycles. The van der Waals surface area contributed by atoms with Crippen LogP contribution in [0.25, 0.3) is 0 Å². The quantitative estimate of drug-likeness (QED) is 0.879. The minimum atomic E-state index is -0.858. The molecule has 0 amide bonds. The smallest absolute Gasteiger partial charge is 0.227 e. The first-order valence-electron chi connectivity index (χ1n) is 9.37. The summed E-state index contributed by atoms with van der Waals surface area (Å²) in [5, 5.41) is 0. The zero-order valence-corrected chi connectivity index (χ0v) is 15.2. The first-order chi connectivity index (χ1) is 12.0. The molecule has 1 aromatic rings. The minimum Gasteiger partial charge on any atom is -0.493 e. The molecule has 2 heterocycles. The van der Waals surface area contributed by atoms with Gasteiger partial charge in [0.2, 0.25) is 5.79 Å². The van der Waals surface area contributed by atoms with Crippen molar-refractivity contribution in [2.45, 2.75) is 55.8 Å². The Balaban J connectivity index is 1.82. The lowest BCUT2D eigenvalue weighted by Gasteiger charge is -2.50. The number of Topliss-reactive ketones (excluding diaryl/α,β-unsaturated/α-hetero) is 1. The molecule has 1 spiro atoms. The first-order valence-corrected chi connectivity index (χ1v) is 9.37. The van der Waals surface area contributed by atoms with Crippen molar-refractivity contribution in [3.05, 3.63) is 22.8 Å². The fourth-order valence-electron chi connectivity index (χ4n) is 6.00. The Morgan fingerprint density at radius 1 is 1.28 bits per heavy atom. The monoisotopic (exact) mass is 344 g/mol. The second-order valence-corrected chi connectivity index (χ2v) is 8.15. The molecule has 2 aliphatic carbocycles. The number of carbonyl (C=O) groups excluding carboxylic acids is 1. The molecule has 1 saturated carbocycles. The maximum atomic E-state index is 12.3. The summed E-state index contributed by atoms with van der Waals surface area (Å²) in [5.41, 5.74) is 3.95. The Hall–Kier alpha value is -1.59. The van der Waals surface area contributed by atoms with E-state index in [1.54, 1.807) is 19.1 Å². The molecule has 4 atom stereocenters. The van der Waals surface area contributed by atoms with Crippen molar-refractivity contribution in [2.24, 2.45) is 0 Å². The van der Waals surface area contributed by atoms with Gasteiger partial charge < -0.3 is 19.1 Å². The number of benzene rings is 1. The van der Waals surface area contributed by atoms with Gasteiger partial charge >= 0.3 is 0 Å². The van der Waals surface area contributed by atoms with E-state index in [1.165, 1.54) is 16.7 Å². The van der Waals surface area contributed by atoms with E-state index >= 15 is 0 Å². The Morgan fingerprint density at radius 3 is 2.88 bits per heavy atom. The van der Waals surface area contributed by atoms with E-state index in [4.69, 9.17) is 14.2 Å². The third-order valence-corrected chi connectivity index (χ3v) is 7.25. The molecule has 0 bridgehead atoms. The summed E-state index contributed by atoms with van der Waals surface area (Å²) in [6.07, 6.45) is 4.98. The lowest BCUT2D eigenvalue weighted by atomic mass is 9.58. The van der Waals surface area contributed by atoms with E-state index in [0.717, 1.165) is 43.7 Å². The summed E-state index contributed by atoms with van der Waals surface area (Å²) in [5.74, 6) is 1.01. The minimum absolute atomic E-state index is 0.211. The molecule has 1 N–H and O–H groups in total. The largest absolute Gasteiger partial charge is 0.493 e. The summed E-state index contributed by atoms with van der Waals surface area (Å²) in [4.78, 5) is 13.9. The summed E-state index contributed by atoms with van der Waals surface area (Å²) in [6, 6.07) is 2.68. The molecule has 25 heavy (non-hydrogen) atoms. The van der Waals surface area contributed by atoms with E-state index < -0.39 is 5.79 Å². The van der Waals surface area contributed by atoms with Crippen LogP contribution in [0.15, 0.2) is 6.07 Å². The third kappa shape index (κ3) is 1.73. The molecular weight excluding hydrogens is 318 g/mol. The van der Waals surface area contributed by atoms with Gasteiger partial charge in [-0.25, -0.2) is 0 Å². The molecule has 5 nitrogen and oxygen atoms in total. The highest BCUT2D eigenvalue weighted by Gasteiger charge is 2.67. The van der Waals surface area contributed by atoms with Crippen molar-refractivity contribution in [3.63, 3.8) is 0 Å². The predicted octanol–water partition coefficient (Wildman–Crippen LogP) is 1.33. The number of quaternary nitrogens is 1. The van der Waals surface area contributed by atoms with Crippen LogP contribution >= 0.6 is 0 Å². The number of hydrogen-bond acceptors (Lipinski definition) is 4. The second-order valence-electron chi connectivity index (χ2n) is 8.15. The van der Waals surface area contributed by atoms with Crippen LogP contribution in [0.1, 0.15) is 54.8 Å². The van der Waals surface area contributed by atoms with Crippen LogP contribution in [-0.2, 0) is 21.4 Å². The van der Waals surface area contributed by atoms with Gasteiger partial charge in [0.1, 0.15) is 11.8 Å². The van der Waals surface area contributed by atoms with Gasteiger partial charge in [0.25, 0.3) is 0 Å². The van der Waals surface area contributed by atoms with Crippen molar-refractivity contribution in [1.29, 1.82) is 0 Å². The van der Waals surface area contributed by atoms with Crippen molar-refractivity contribution < 1.29 is 23.9 Å². The van der Waals surface area contributed by atoms with Gasteiger partial charge in [0.05, 0.1) is 32.5 Å². The van der Waals surface area contributed by atoms with Gasteiger partial charge in [-0.15, -0.1) is 0 Å². The van der Waals surface area contributed by atoms with Gasteiger partial charge in [0, 0.05) is 37.5 Å². The fraction of sp³-hybridized carbons (Fsp3) is 0.650. The van der Waals surface area contributed by atoms with Crippen molar-refractivity contribution in [2.75, 3.05) is 27.8 Å². The van der Waals surface area contributed by atoms with E-state index in [-0.39, 0.29) is 11.2 Å². The van der Waals surface area contributed by atoms with Crippen molar-refractivity contribution in [3.8, 4) is 11.5 Å². The maximum absolute atomic E-state index is 12.3. The zero-order valence-electron chi connectivity index (χ0n) is 15.2. The summed E-state index contributed by atoms with van der Waals surface area (Å²) in [7, 11) is 5.69. The van der Waals surface area contributed by atoms with Crippen LogP contribution in [0.4, 0.5) is 0 Å². The van der Waals surface area contributed by atoms with Crippen LogP contribution < -0.4 is 14.4 Å².